The smallest absolute Gasteiger partial charge is 0.240 e. The summed E-state index contributed by atoms with van der Waals surface area (Å²) < 4.78 is 1.81. The second-order valence-corrected chi connectivity index (χ2v) is 4.39. The summed E-state index contributed by atoms with van der Waals surface area (Å²) in [7, 11) is 0. The SMILES string of the molecule is CC1(C(=O)NCCn2cccn2)CCCN1. The van der Waals surface area contributed by atoms with Crippen molar-refractivity contribution in [2.24, 2.45) is 0 Å². The largest absolute Gasteiger partial charge is 0.353 e. The number of nitrogens with zero attached hydrogens (tertiary/aromatic N) is 2. The van der Waals surface area contributed by atoms with Gasteiger partial charge >= 0.3 is 0 Å². The van der Waals surface area contributed by atoms with Gasteiger partial charge in [0.15, 0.2) is 0 Å². The second kappa shape index (κ2) is 4.65. The lowest BCUT2D eigenvalue weighted by atomic mass is 9.99. The van der Waals surface area contributed by atoms with Crippen molar-refractivity contribution in [2.75, 3.05) is 13.1 Å². The molecule has 1 unspecified atom stereocenters. The first-order chi connectivity index (χ1) is 7.71. The molecular weight excluding hydrogens is 204 g/mol. The highest BCUT2D eigenvalue weighted by Crippen LogP contribution is 2.18. The zero-order valence-corrected chi connectivity index (χ0v) is 9.57. The van der Waals surface area contributed by atoms with Crippen molar-refractivity contribution in [2.45, 2.75) is 31.8 Å². The first-order valence-corrected chi connectivity index (χ1v) is 5.71. The van der Waals surface area contributed by atoms with E-state index < -0.39 is 0 Å². The van der Waals surface area contributed by atoms with Crippen LogP contribution in [-0.2, 0) is 11.3 Å². The van der Waals surface area contributed by atoms with Crippen LogP contribution in [0.1, 0.15) is 19.8 Å². The number of carbonyl (C=O) groups excluding carboxylic acids is 1. The fourth-order valence-corrected chi connectivity index (χ4v) is 2.00. The van der Waals surface area contributed by atoms with E-state index in [1.807, 2.05) is 23.9 Å². The van der Waals surface area contributed by atoms with Gasteiger partial charge in [-0.2, -0.15) is 5.10 Å². The molecule has 5 heteroatoms. The molecule has 2 heterocycles. The minimum absolute atomic E-state index is 0.0946. The Kier molecular flexibility index (Phi) is 3.24. The van der Waals surface area contributed by atoms with E-state index in [2.05, 4.69) is 15.7 Å². The number of hydrogen-bond donors (Lipinski definition) is 2. The highest BCUT2D eigenvalue weighted by molar-refractivity contribution is 5.86. The van der Waals surface area contributed by atoms with Gasteiger partial charge in [0.05, 0.1) is 12.1 Å². The van der Waals surface area contributed by atoms with Gasteiger partial charge in [0, 0.05) is 18.9 Å². The van der Waals surface area contributed by atoms with Crippen molar-refractivity contribution in [3.05, 3.63) is 18.5 Å². The Morgan fingerprint density at radius 2 is 2.56 bits per heavy atom. The Hall–Kier alpha value is -1.36. The van der Waals surface area contributed by atoms with Crippen molar-refractivity contribution >= 4 is 5.91 Å². The average molecular weight is 222 g/mol. The van der Waals surface area contributed by atoms with E-state index >= 15 is 0 Å². The van der Waals surface area contributed by atoms with Crippen molar-refractivity contribution in [3.8, 4) is 0 Å². The van der Waals surface area contributed by atoms with Crippen LogP contribution in [0.25, 0.3) is 0 Å². The monoisotopic (exact) mass is 222 g/mol. The quantitative estimate of drug-likeness (QED) is 0.762. The lowest BCUT2D eigenvalue weighted by Gasteiger charge is -2.22. The minimum atomic E-state index is -0.371. The number of aromatic nitrogens is 2. The molecule has 0 bridgehead atoms. The van der Waals surface area contributed by atoms with Gasteiger partial charge in [-0.3, -0.25) is 9.48 Å². The summed E-state index contributed by atoms with van der Waals surface area (Å²) in [5.74, 6) is 0.0946. The Morgan fingerprint density at radius 1 is 1.69 bits per heavy atom. The standard InChI is InChI=1S/C11H18N4O/c1-11(4-2-5-13-11)10(16)12-7-9-15-8-3-6-14-15/h3,6,8,13H,2,4-5,7,9H2,1H3,(H,12,16). The van der Waals surface area contributed by atoms with E-state index in [-0.39, 0.29) is 11.4 Å². The third-order valence-corrected chi connectivity index (χ3v) is 3.06. The van der Waals surface area contributed by atoms with Gasteiger partial charge in [0.1, 0.15) is 0 Å². The van der Waals surface area contributed by atoms with Gasteiger partial charge in [-0.1, -0.05) is 0 Å². The Labute approximate surface area is 95.2 Å². The average Bonchev–Trinajstić information content (AvgIpc) is 2.90. The number of rotatable bonds is 4. The lowest BCUT2D eigenvalue weighted by molar-refractivity contribution is -0.126. The summed E-state index contributed by atoms with van der Waals surface area (Å²) in [5.41, 5.74) is -0.371. The molecule has 1 aliphatic heterocycles. The van der Waals surface area contributed by atoms with Crippen LogP contribution >= 0.6 is 0 Å². The normalized spacial score (nSPS) is 24.6. The number of nitrogens with one attached hydrogen (secondary N) is 2. The Bertz CT molecular complexity index is 341. The first-order valence-electron chi connectivity index (χ1n) is 5.71. The molecule has 88 valence electrons. The van der Waals surface area contributed by atoms with E-state index in [9.17, 15) is 4.79 Å². The second-order valence-electron chi connectivity index (χ2n) is 4.39. The summed E-state index contributed by atoms with van der Waals surface area (Å²) >= 11 is 0. The van der Waals surface area contributed by atoms with E-state index in [4.69, 9.17) is 0 Å². The fourth-order valence-electron chi connectivity index (χ4n) is 2.00. The Morgan fingerprint density at radius 3 is 3.19 bits per heavy atom. The lowest BCUT2D eigenvalue weighted by Crippen LogP contribution is -2.51. The van der Waals surface area contributed by atoms with E-state index in [0.717, 1.165) is 25.9 Å². The maximum Gasteiger partial charge on any atom is 0.240 e. The molecule has 1 saturated heterocycles. The summed E-state index contributed by atoms with van der Waals surface area (Å²) in [5, 5.41) is 10.3. The summed E-state index contributed by atoms with van der Waals surface area (Å²) in [6.45, 7) is 4.24. The predicted molar refractivity (Wildman–Crippen MR) is 60.9 cm³/mol. The van der Waals surface area contributed by atoms with Gasteiger partial charge < -0.3 is 10.6 Å². The minimum Gasteiger partial charge on any atom is -0.353 e. The molecule has 16 heavy (non-hydrogen) atoms. The van der Waals surface area contributed by atoms with Crippen LogP contribution in [0.2, 0.25) is 0 Å². The van der Waals surface area contributed by atoms with E-state index in [1.165, 1.54) is 0 Å². The molecule has 2 N–H and O–H groups in total. The maximum atomic E-state index is 11.9. The van der Waals surface area contributed by atoms with E-state index in [1.54, 1.807) is 6.20 Å². The Balaban J connectivity index is 1.75. The zero-order valence-electron chi connectivity index (χ0n) is 9.57. The van der Waals surface area contributed by atoms with Crippen molar-refractivity contribution in [1.82, 2.24) is 20.4 Å². The zero-order chi connectivity index (χ0) is 11.4. The van der Waals surface area contributed by atoms with Crippen molar-refractivity contribution < 1.29 is 4.79 Å². The van der Waals surface area contributed by atoms with E-state index in [0.29, 0.717) is 6.54 Å². The highest BCUT2D eigenvalue weighted by atomic mass is 16.2. The third-order valence-electron chi connectivity index (χ3n) is 3.06. The van der Waals surface area contributed by atoms with Gasteiger partial charge in [-0.05, 0) is 32.4 Å². The molecule has 0 aromatic carbocycles. The molecule has 1 aliphatic rings. The molecule has 1 fully saturated rings. The van der Waals surface area contributed by atoms with Crippen LogP contribution in [0.15, 0.2) is 18.5 Å². The molecule has 0 radical (unpaired) electrons. The first kappa shape index (κ1) is 11.1. The van der Waals surface area contributed by atoms with Gasteiger partial charge in [-0.25, -0.2) is 0 Å². The number of hydrogen-bond acceptors (Lipinski definition) is 3. The molecule has 1 aromatic rings. The highest BCUT2D eigenvalue weighted by Gasteiger charge is 2.35. The van der Waals surface area contributed by atoms with Crippen molar-refractivity contribution in [3.63, 3.8) is 0 Å². The summed E-state index contributed by atoms with van der Waals surface area (Å²) in [6.07, 6.45) is 5.62. The molecule has 0 aliphatic carbocycles. The van der Waals surface area contributed by atoms with Crippen LogP contribution in [0, 0.1) is 0 Å². The molecule has 1 aromatic heterocycles. The summed E-state index contributed by atoms with van der Waals surface area (Å²) in [6, 6.07) is 1.88. The van der Waals surface area contributed by atoms with Crippen LogP contribution in [0.5, 0.6) is 0 Å². The number of carbonyl (C=O) groups is 1. The topological polar surface area (TPSA) is 59.0 Å². The van der Waals surface area contributed by atoms with Gasteiger partial charge in [-0.15, -0.1) is 0 Å². The van der Waals surface area contributed by atoms with Crippen LogP contribution in [0.3, 0.4) is 0 Å². The molecule has 0 saturated carbocycles. The molecule has 0 spiro atoms. The van der Waals surface area contributed by atoms with Crippen LogP contribution < -0.4 is 10.6 Å². The van der Waals surface area contributed by atoms with Gasteiger partial charge in [0.25, 0.3) is 0 Å². The van der Waals surface area contributed by atoms with Gasteiger partial charge in [0.2, 0.25) is 5.91 Å². The predicted octanol–water partition coefficient (Wildman–Crippen LogP) is 0.141. The third kappa shape index (κ3) is 2.41. The maximum absolute atomic E-state index is 11.9. The molecule has 1 amide bonds. The van der Waals surface area contributed by atoms with Crippen LogP contribution in [-0.4, -0.2) is 34.3 Å². The molecule has 2 rings (SSSR count). The van der Waals surface area contributed by atoms with Crippen LogP contribution in [0.4, 0.5) is 0 Å². The van der Waals surface area contributed by atoms with Crippen molar-refractivity contribution in [1.29, 1.82) is 0 Å². The number of amides is 1. The molecule has 1 atom stereocenters. The molecular formula is C11H18N4O. The molecule has 5 nitrogen and oxygen atoms in total. The fraction of sp³-hybridized carbons (Fsp3) is 0.636. The summed E-state index contributed by atoms with van der Waals surface area (Å²) in [4.78, 5) is 11.9.